The van der Waals surface area contributed by atoms with Gasteiger partial charge in [-0.1, -0.05) is 28.2 Å². The van der Waals surface area contributed by atoms with Gasteiger partial charge in [-0.3, -0.25) is 4.98 Å². The first kappa shape index (κ1) is 27.6. The maximum atomic E-state index is 5.96. The average Bonchev–Trinajstić information content (AvgIpc) is 2.87. The van der Waals surface area contributed by atoms with Crippen LogP contribution < -0.4 is 0 Å². The Kier molecular flexibility index (Phi) is 8.16. The van der Waals surface area contributed by atoms with Crippen LogP contribution in [-0.4, -0.2) is 41.4 Å². The Morgan fingerprint density at radius 2 is 1.07 bits per heavy atom. The van der Waals surface area contributed by atoms with Crippen LogP contribution in [0.15, 0.2) is 22.8 Å². The number of nitrogens with zero attached hydrogens (tertiary/aromatic N) is 1. The van der Waals surface area contributed by atoms with Gasteiger partial charge in [0.25, 0.3) is 0 Å². The Labute approximate surface area is 193 Å². The minimum atomic E-state index is -0.476. The first-order valence-corrected chi connectivity index (χ1v) is 11.0. The zero-order valence-corrected chi connectivity index (χ0v) is 21.4. The second-order valence-electron chi connectivity index (χ2n) is 10.9. The third-order valence-electron chi connectivity index (χ3n) is 6.26. The highest BCUT2D eigenvalue weighted by atomic mass is 79.9. The molecule has 2 aliphatic rings. The molecule has 0 N–H and O–H groups in total. The summed E-state index contributed by atoms with van der Waals surface area (Å²) in [4.78, 5) is 4.30. The van der Waals surface area contributed by atoms with Gasteiger partial charge in [-0.05, 0) is 83.5 Å². The molecule has 2 aliphatic heterocycles. The molecular weight excluding hydrogens is 446 g/mol. The summed E-state index contributed by atoms with van der Waals surface area (Å²) in [6.45, 7) is 22.7. The third-order valence-corrected chi connectivity index (χ3v) is 6.73. The summed E-state index contributed by atoms with van der Waals surface area (Å²) in [7, 11) is -0.952. The molecule has 2 saturated heterocycles. The van der Waals surface area contributed by atoms with Crippen LogP contribution in [0.2, 0.25) is 0 Å². The van der Waals surface area contributed by atoms with Crippen LogP contribution in [0.4, 0.5) is 0 Å². The molecule has 1 aromatic rings. The summed E-state index contributed by atoms with van der Waals surface area (Å²) in [5, 5.41) is 0. The van der Waals surface area contributed by atoms with Crippen molar-refractivity contribution in [2.24, 2.45) is 0 Å². The monoisotopic (exact) mass is 485 g/mol. The molecule has 0 atom stereocenters. The van der Waals surface area contributed by atoms with Gasteiger partial charge < -0.3 is 18.6 Å². The van der Waals surface area contributed by atoms with Crippen molar-refractivity contribution in [3.63, 3.8) is 0 Å². The molecule has 5 nitrogen and oxygen atoms in total. The first-order valence-electron chi connectivity index (χ1n) is 10.2. The second-order valence-corrected chi connectivity index (χ2v) is 11.8. The Balaban J connectivity index is 0.000000324. The van der Waals surface area contributed by atoms with Crippen molar-refractivity contribution >= 4 is 29.9 Å². The Morgan fingerprint density at radius 3 is 1.30 bits per heavy atom. The van der Waals surface area contributed by atoms with Gasteiger partial charge in [-0.15, -0.1) is 0 Å². The molecule has 0 unspecified atom stereocenters. The van der Waals surface area contributed by atoms with Crippen LogP contribution >= 0.6 is 15.9 Å². The zero-order valence-electron chi connectivity index (χ0n) is 19.8. The Morgan fingerprint density at radius 1 is 0.733 bits per heavy atom. The fourth-order valence-electron chi connectivity index (χ4n) is 2.82. The summed E-state index contributed by atoms with van der Waals surface area (Å²) in [6, 6.07) is 4.07. The van der Waals surface area contributed by atoms with Crippen molar-refractivity contribution in [3.8, 4) is 0 Å². The van der Waals surface area contributed by atoms with E-state index in [0.717, 1.165) is 10.2 Å². The van der Waals surface area contributed by atoms with Crippen LogP contribution in [0.1, 0.15) is 89.3 Å². The van der Waals surface area contributed by atoms with Crippen LogP contribution in [-0.2, 0) is 24.0 Å². The molecule has 0 saturated carbocycles. The predicted molar refractivity (Wildman–Crippen MR) is 130 cm³/mol. The van der Waals surface area contributed by atoms with E-state index in [2.05, 4.69) is 41.7 Å². The van der Waals surface area contributed by atoms with E-state index in [9.17, 15) is 0 Å². The highest BCUT2D eigenvalue weighted by Gasteiger charge is 2.63. The molecule has 3 heterocycles. The molecule has 0 amide bonds. The van der Waals surface area contributed by atoms with Crippen molar-refractivity contribution in [1.82, 2.24) is 4.98 Å². The molecule has 8 heteroatoms. The number of halogens is 1. The van der Waals surface area contributed by atoms with E-state index in [-0.39, 0.29) is 35.2 Å². The lowest BCUT2D eigenvalue weighted by Crippen LogP contribution is -2.41. The Hall–Kier alpha value is -0.400. The number of hydrogen-bond acceptors (Lipinski definition) is 5. The molecule has 2 fully saturated rings. The van der Waals surface area contributed by atoms with Crippen LogP contribution in [0, 0.1) is 0 Å². The minimum absolute atomic E-state index is 0. The van der Waals surface area contributed by atoms with Crippen LogP contribution in [0.5, 0.6) is 0 Å². The van der Waals surface area contributed by atoms with Crippen molar-refractivity contribution < 1.29 is 18.6 Å². The summed E-state index contributed by atoms with van der Waals surface area (Å²) in [5.41, 5.74) is -0.160. The van der Waals surface area contributed by atoms with Crippen molar-refractivity contribution in [2.45, 2.75) is 111 Å². The topological polar surface area (TPSA) is 49.8 Å². The number of rotatable bonds is 1. The highest BCUT2D eigenvalue weighted by molar-refractivity contribution is 9.10. The van der Waals surface area contributed by atoms with Gasteiger partial charge in [-0.2, -0.15) is 0 Å². The fraction of sp³-hybridized carbons (Fsp3) is 0.773. The maximum absolute atomic E-state index is 5.96. The summed E-state index contributed by atoms with van der Waals surface area (Å²) in [6.07, 6.45) is 1.83. The van der Waals surface area contributed by atoms with E-state index >= 15 is 0 Å². The van der Waals surface area contributed by atoms with E-state index in [4.69, 9.17) is 18.6 Å². The van der Waals surface area contributed by atoms with E-state index in [0.29, 0.717) is 0 Å². The lowest BCUT2D eigenvalue weighted by molar-refractivity contribution is 0.00578. The van der Waals surface area contributed by atoms with Gasteiger partial charge in [0.2, 0.25) is 0 Å². The largest absolute Gasteiger partial charge is 0.488 e. The molecule has 0 aliphatic carbocycles. The molecule has 3 rings (SSSR count). The maximum Gasteiger partial charge on any atom is 0.488 e. The van der Waals surface area contributed by atoms with Crippen LogP contribution in [0.25, 0.3) is 0 Å². The van der Waals surface area contributed by atoms with Gasteiger partial charge in [0, 0.05) is 21.8 Å². The lowest BCUT2D eigenvalue weighted by Gasteiger charge is -2.32. The minimum Gasteiger partial charge on any atom is -0.405 e. The third kappa shape index (κ3) is 5.89. The molecule has 0 spiro atoms. The quantitative estimate of drug-likeness (QED) is 0.455. The standard InChI is InChI=1S/C12H24B2O4.C9H12BrN.CH4/c1-9(2)10(3,4)16-13(15-9)14-17-11(5,6)12(7,8)18-14;1-9(2,3)8-5-4-7(10)6-11-8;/h1-8H3;4-6H,1-3H3;1H4/i;9+2;. The fourth-order valence-corrected chi connectivity index (χ4v) is 3.05. The van der Waals surface area contributed by atoms with Crippen molar-refractivity contribution in [3.05, 3.63) is 28.5 Å². The summed E-state index contributed by atoms with van der Waals surface area (Å²) in [5.74, 6) is 0. The summed E-state index contributed by atoms with van der Waals surface area (Å²) >= 11 is 3.35. The molecular formula is C22H40B2BrNO4. The average molecular weight is 486 g/mol. The van der Waals surface area contributed by atoms with Crippen molar-refractivity contribution in [1.29, 1.82) is 0 Å². The van der Waals surface area contributed by atoms with Gasteiger partial charge in [0.1, 0.15) is 0 Å². The molecule has 0 bridgehead atoms. The summed E-state index contributed by atoms with van der Waals surface area (Å²) < 4.78 is 24.9. The normalized spacial score (nSPS) is 23.5. The highest BCUT2D eigenvalue weighted by Crippen LogP contribution is 2.42. The predicted octanol–water partition coefficient (Wildman–Crippen LogP) is 6.03. The number of pyridine rings is 1. The Bertz CT molecular complexity index is 649. The van der Waals surface area contributed by atoms with Gasteiger partial charge in [0.05, 0.1) is 22.4 Å². The number of aromatic nitrogens is 1. The van der Waals surface area contributed by atoms with Gasteiger partial charge in [0.15, 0.2) is 0 Å². The second kappa shape index (κ2) is 8.86. The van der Waals surface area contributed by atoms with Crippen LogP contribution in [0.3, 0.4) is 0 Å². The van der Waals surface area contributed by atoms with Gasteiger partial charge >= 0.3 is 14.0 Å². The molecule has 1 aromatic heterocycles. The molecule has 170 valence electrons. The molecule has 30 heavy (non-hydrogen) atoms. The molecule has 0 radical (unpaired) electrons. The van der Waals surface area contributed by atoms with E-state index < -0.39 is 14.0 Å². The van der Waals surface area contributed by atoms with E-state index in [1.165, 1.54) is 0 Å². The van der Waals surface area contributed by atoms with Crippen molar-refractivity contribution in [2.75, 3.05) is 0 Å². The van der Waals surface area contributed by atoms with Gasteiger partial charge in [-0.25, -0.2) is 0 Å². The zero-order chi connectivity index (χ0) is 22.5. The first-order chi connectivity index (χ1) is 12.9. The van der Waals surface area contributed by atoms with E-state index in [1.54, 1.807) is 0 Å². The smallest absolute Gasteiger partial charge is 0.405 e. The number of hydrogen-bond donors (Lipinski definition) is 0. The van der Waals surface area contributed by atoms with E-state index in [1.807, 2.05) is 73.7 Å². The lowest BCUT2D eigenvalue weighted by atomic mass is 9.49. The SMILES string of the molecule is C.CC1(C)OB(B2OC(C)(C)C(C)(C)O2)OC1(C)C.C[14C](C)(C)c1ccc(Br)cn1. The molecule has 0 aromatic carbocycles.